The lowest BCUT2D eigenvalue weighted by molar-refractivity contribution is 0.197. The summed E-state index contributed by atoms with van der Waals surface area (Å²) in [7, 11) is 5.14. The van der Waals surface area contributed by atoms with Crippen LogP contribution in [0.5, 0.6) is 0 Å². The third-order valence-electron chi connectivity index (χ3n) is 3.36. The predicted octanol–water partition coefficient (Wildman–Crippen LogP) is 2.42. The molecule has 2 aliphatic rings. The van der Waals surface area contributed by atoms with E-state index in [0.717, 1.165) is 6.42 Å². The van der Waals surface area contributed by atoms with Crippen LogP contribution in [0.25, 0.3) is 0 Å². The van der Waals surface area contributed by atoms with Gasteiger partial charge in [-0.2, -0.15) is 0 Å². The average Bonchev–Trinajstić information content (AvgIpc) is 2.15. The van der Waals surface area contributed by atoms with E-state index in [0.29, 0.717) is 5.41 Å². The molecule has 1 spiro atoms. The van der Waals surface area contributed by atoms with Gasteiger partial charge >= 0.3 is 0 Å². The number of likely N-dealkylation sites (tertiary alicyclic amines) is 1. The van der Waals surface area contributed by atoms with E-state index < -0.39 is 0 Å². The van der Waals surface area contributed by atoms with Gasteiger partial charge in [0.25, 0.3) is 0 Å². The molecule has 0 aromatic heterocycles. The Morgan fingerprint density at radius 1 is 1.38 bits per heavy atom. The highest BCUT2D eigenvalue weighted by Crippen LogP contribution is 2.44. The van der Waals surface area contributed by atoms with E-state index in [2.05, 4.69) is 39.4 Å². The molecular formula is C11H18NP. The summed E-state index contributed by atoms with van der Waals surface area (Å²) in [6, 6.07) is 0. The third-order valence-corrected chi connectivity index (χ3v) is 4.18. The number of allylic oxidation sites excluding steroid dienone is 4. The van der Waals surface area contributed by atoms with Gasteiger partial charge in [0.05, 0.1) is 0 Å². The van der Waals surface area contributed by atoms with Crippen LogP contribution in [-0.2, 0) is 0 Å². The van der Waals surface area contributed by atoms with Gasteiger partial charge in [0.2, 0.25) is 0 Å². The molecule has 1 heterocycles. The molecule has 1 unspecified atom stereocenters. The van der Waals surface area contributed by atoms with Crippen molar-refractivity contribution in [1.82, 2.24) is 4.90 Å². The SMILES string of the molecule is CN1CCC2(C=CCC=C2P)CC1. The zero-order chi connectivity index (χ0) is 9.31. The Balaban J connectivity index is 2.15. The first-order chi connectivity index (χ1) is 6.23. The molecule has 2 heteroatoms. The number of rotatable bonds is 0. The molecule has 0 bridgehead atoms. The van der Waals surface area contributed by atoms with Crippen molar-refractivity contribution in [2.24, 2.45) is 5.41 Å². The first-order valence-corrected chi connectivity index (χ1v) is 5.63. The molecule has 1 atom stereocenters. The minimum Gasteiger partial charge on any atom is -0.306 e. The average molecular weight is 195 g/mol. The standard InChI is InChI=1S/C11H18NP/c1-12-8-6-11(7-9-12)5-3-2-4-10(11)13/h3-5H,2,6-9,13H2,1H3. The molecule has 1 nitrogen and oxygen atoms in total. The summed E-state index contributed by atoms with van der Waals surface area (Å²) in [5.74, 6) is 0. The van der Waals surface area contributed by atoms with Crippen LogP contribution < -0.4 is 0 Å². The van der Waals surface area contributed by atoms with E-state index in [4.69, 9.17) is 0 Å². The Labute approximate surface area is 83.1 Å². The van der Waals surface area contributed by atoms with Gasteiger partial charge in [-0.15, -0.1) is 9.24 Å². The molecule has 0 aromatic carbocycles. The van der Waals surface area contributed by atoms with Crippen molar-refractivity contribution in [3.05, 3.63) is 23.5 Å². The van der Waals surface area contributed by atoms with Crippen molar-refractivity contribution in [2.45, 2.75) is 19.3 Å². The maximum Gasteiger partial charge on any atom is 0.0152 e. The molecule has 1 saturated heterocycles. The highest BCUT2D eigenvalue weighted by atomic mass is 31.0. The second kappa shape index (κ2) is 3.55. The smallest absolute Gasteiger partial charge is 0.0152 e. The monoisotopic (exact) mass is 195 g/mol. The van der Waals surface area contributed by atoms with Crippen LogP contribution in [0.4, 0.5) is 0 Å². The maximum absolute atomic E-state index is 2.93. The highest BCUT2D eigenvalue weighted by molar-refractivity contribution is 7.22. The van der Waals surface area contributed by atoms with Crippen molar-refractivity contribution in [3.8, 4) is 0 Å². The summed E-state index contributed by atoms with van der Waals surface area (Å²) in [6.45, 7) is 2.46. The first kappa shape index (κ1) is 9.43. The molecule has 1 aliphatic carbocycles. The van der Waals surface area contributed by atoms with Gasteiger partial charge in [-0.3, -0.25) is 0 Å². The highest BCUT2D eigenvalue weighted by Gasteiger charge is 2.33. The first-order valence-electron chi connectivity index (χ1n) is 5.05. The molecule has 0 radical (unpaired) electrons. The van der Waals surface area contributed by atoms with Gasteiger partial charge in [0.15, 0.2) is 0 Å². The lowest BCUT2D eigenvalue weighted by Crippen LogP contribution is -2.37. The summed E-state index contributed by atoms with van der Waals surface area (Å²) < 4.78 is 0. The molecule has 2 rings (SSSR count). The largest absolute Gasteiger partial charge is 0.306 e. The number of piperidine rings is 1. The van der Waals surface area contributed by atoms with Gasteiger partial charge in [0.1, 0.15) is 0 Å². The lowest BCUT2D eigenvalue weighted by atomic mass is 9.75. The molecule has 0 saturated carbocycles. The Morgan fingerprint density at radius 2 is 2.08 bits per heavy atom. The predicted molar refractivity (Wildman–Crippen MR) is 60.7 cm³/mol. The van der Waals surface area contributed by atoms with Crippen LogP contribution in [0, 0.1) is 5.41 Å². The minimum absolute atomic E-state index is 0.398. The summed E-state index contributed by atoms with van der Waals surface area (Å²) in [4.78, 5) is 2.42. The van der Waals surface area contributed by atoms with Crippen LogP contribution in [0.2, 0.25) is 0 Å². The van der Waals surface area contributed by atoms with Crippen molar-refractivity contribution in [3.63, 3.8) is 0 Å². The molecule has 0 amide bonds. The van der Waals surface area contributed by atoms with E-state index in [1.807, 2.05) is 0 Å². The molecule has 0 aromatic rings. The molecular weight excluding hydrogens is 177 g/mol. The minimum atomic E-state index is 0.398. The summed E-state index contributed by atoms with van der Waals surface area (Å²) in [5.41, 5.74) is 0.398. The Hall–Kier alpha value is -0.130. The Morgan fingerprint density at radius 3 is 2.69 bits per heavy atom. The fourth-order valence-corrected chi connectivity index (χ4v) is 2.78. The normalized spacial score (nSPS) is 27.7. The van der Waals surface area contributed by atoms with E-state index in [1.165, 1.54) is 31.2 Å². The number of nitrogens with zero attached hydrogens (tertiary/aromatic N) is 1. The fraction of sp³-hybridized carbons (Fsp3) is 0.636. The second-order valence-electron chi connectivity index (χ2n) is 4.26. The van der Waals surface area contributed by atoms with E-state index in [1.54, 1.807) is 0 Å². The van der Waals surface area contributed by atoms with Crippen LogP contribution in [0.1, 0.15) is 19.3 Å². The molecule has 1 aliphatic heterocycles. The van der Waals surface area contributed by atoms with E-state index in [9.17, 15) is 0 Å². The van der Waals surface area contributed by atoms with Gasteiger partial charge in [-0.1, -0.05) is 18.2 Å². The number of hydrogen-bond acceptors (Lipinski definition) is 1. The maximum atomic E-state index is 2.93. The fourth-order valence-electron chi connectivity index (χ4n) is 2.26. The van der Waals surface area contributed by atoms with Crippen LogP contribution in [-0.4, -0.2) is 25.0 Å². The summed E-state index contributed by atoms with van der Waals surface area (Å²) >= 11 is 0. The van der Waals surface area contributed by atoms with Crippen molar-refractivity contribution in [2.75, 3.05) is 20.1 Å². The van der Waals surface area contributed by atoms with Gasteiger partial charge in [-0.05, 0) is 44.7 Å². The Bertz CT molecular complexity index is 247. The van der Waals surface area contributed by atoms with Crippen molar-refractivity contribution < 1.29 is 0 Å². The quantitative estimate of drug-likeness (QED) is 0.424. The van der Waals surface area contributed by atoms with Crippen LogP contribution in [0.3, 0.4) is 0 Å². The number of hydrogen-bond donors (Lipinski definition) is 0. The molecule has 1 fully saturated rings. The van der Waals surface area contributed by atoms with Gasteiger partial charge < -0.3 is 4.90 Å². The molecule has 72 valence electrons. The zero-order valence-corrected chi connectivity index (χ0v) is 9.45. The van der Waals surface area contributed by atoms with E-state index >= 15 is 0 Å². The van der Waals surface area contributed by atoms with Crippen molar-refractivity contribution >= 4 is 9.24 Å². The van der Waals surface area contributed by atoms with Gasteiger partial charge in [0, 0.05) is 5.41 Å². The summed E-state index contributed by atoms with van der Waals surface area (Å²) in [5, 5.41) is 1.52. The lowest BCUT2D eigenvalue weighted by Gasteiger charge is -2.40. The van der Waals surface area contributed by atoms with Crippen molar-refractivity contribution in [1.29, 1.82) is 0 Å². The summed E-state index contributed by atoms with van der Waals surface area (Å²) in [6.07, 6.45) is 10.8. The topological polar surface area (TPSA) is 3.24 Å². The van der Waals surface area contributed by atoms with Crippen LogP contribution in [0.15, 0.2) is 23.5 Å². The van der Waals surface area contributed by atoms with E-state index in [-0.39, 0.29) is 0 Å². The molecule has 0 N–H and O–H groups in total. The van der Waals surface area contributed by atoms with Crippen LogP contribution >= 0.6 is 9.24 Å². The zero-order valence-electron chi connectivity index (χ0n) is 8.29. The molecule has 13 heavy (non-hydrogen) atoms. The Kier molecular flexibility index (Phi) is 2.58. The third kappa shape index (κ3) is 1.73. The van der Waals surface area contributed by atoms with Gasteiger partial charge in [-0.25, -0.2) is 0 Å². The second-order valence-corrected chi connectivity index (χ2v) is 4.88.